The van der Waals surface area contributed by atoms with E-state index in [1.807, 2.05) is 25.1 Å². The highest BCUT2D eigenvalue weighted by atomic mass is 16.5. The molecule has 0 spiro atoms. The molecule has 1 unspecified atom stereocenters. The van der Waals surface area contributed by atoms with Gasteiger partial charge < -0.3 is 20.9 Å². The summed E-state index contributed by atoms with van der Waals surface area (Å²) in [6.45, 7) is 1.84. The smallest absolute Gasteiger partial charge is 0.259 e. The highest BCUT2D eigenvalue weighted by Gasteiger charge is 2.14. The van der Waals surface area contributed by atoms with Gasteiger partial charge in [0.1, 0.15) is 11.5 Å². The number of phenols is 1. The van der Waals surface area contributed by atoms with Gasteiger partial charge in [-0.3, -0.25) is 4.79 Å². The molecule has 0 fully saturated rings. The van der Waals surface area contributed by atoms with Gasteiger partial charge >= 0.3 is 0 Å². The number of phenolic OH excluding ortho intramolecular Hbond substituents is 1. The van der Waals surface area contributed by atoms with Crippen LogP contribution >= 0.6 is 0 Å². The second-order valence-corrected chi connectivity index (χ2v) is 4.71. The van der Waals surface area contributed by atoms with E-state index in [2.05, 4.69) is 5.32 Å². The summed E-state index contributed by atoms with van der Waals surface area (Å²) in [6, 6.07) is 11.6. The summed E-state index contributed by atoms with van der Waals surface area (Å²) in [7, 11) is 1.49. The molecule has 0 heterocycles. The third-order valence-electron chi connectivity index (χ3n) is 3.15. The van der Waals surface area contributed by atoms with Crippen molar-refractivity contribution in [2.45, 2.75) is 13.0 Å². The van der Waals surface area contributed by atoms with Crippen molar-refractivity contribution >= 4 is 11.6 Å². The molecule has 0 bridgehead atoms. The maximum atomic E-state index is 12.3. The largest absolute Gasteiger partial charge is 0.507 e. The summed E-state index contributed by atoms with van der Waals surface area (Å²) < 4.78 is 4.99. The lowest BCUT2D eigenvalue weighted by Crippen LogP contribution is -2.16. The van der Waals surface area contributed by atoms with Crippen LogP contribution in [-0.2, 0) is 0 Å². The topological polar surface area (TPSA) is 84.6 Å². The molecule has 0 aliphatic carbocycles. The number of aromatic hydroxyl groups is 1. The van der Waals surface area contributed by atoms with Crippen LogP contribution in [0.5, 0.6) is 11.5 Å². The predicted molar refractivity (Wildman–Crippen MR) is 81.7 cm³/mol. The van der Waals surface area contributed by atoms with Gasteiger partial charge in [-0.25, -0.2) is 0 Å². The van der Waals surface area contributed by atoms with Crippen LogP contribution in [0, 0.1) is 0 Å². The number of carbonyl (C=O) groups is 1. The normalized spacial score (nSPS) is 11.8. The van der Waals surface area contributed by atoms with Gasteiger partial charge in [0, 0.05) is 17.8 Å². The van der Waals surface area contributed by atoms with E-state index < -0.39 is 5.91 Å². The zero-order chi connectivity index (χ0) is 15.4. The zero-order valence-corrected chi connectivity index (χ0v) is 12.0. The van der Waals surface area contributed by atoms with Crippen LogP contribution in [0.4, 0.5) is 5.69 Å². The molecule has 4 N–H and O–H groups in total. The number of anilines is 1. The standard InChI is InChI=1S/C16H18N2O3/c1-10(17)12-5-3-4-6-14(12)18-16(20)13-8-7-11(21-2)9-15(13)19/h3-10,19H,17H2,1-2H3,(H,18,20). The van der Waals surface area contributed by atoms with Crippen LogP contribution < -0.4 is 15.8 Å². The number of rotatable bonds is 4. The van der Waals surface area contributed by atoms with Crippen molar-refractivity contribution in [2.75, 3.05) is 12.4 Å². The Morgan fingerprint density at radius 3 is 2.62 bits per heavy atom. The summed E-state index contributed by atoms with van der Waals surface area (Å²) in [5.74, 6) is -0.0478. The number of amides is 1. The number of carbonyl (C=O) groups excluding carboxylic acids is 1. The fraction of sp³-hybridized carbons (Fsp3) is 0.188. The van der Waals surface area contributed by atoms with E-state index >= 15 is 0 Å². The lowest BCUT2D eigenvalue weighted by atomic mass is 10.1. The Morgan fingerprint density at radius 2 is 2.00 bits per heavy atom. The number of hydrogen-bond acceptors (Lipinski definition) is 4. The lowest BCUT2D eigenvalue weighted by molar-refractivity contribution is 0.102. The van der Waals surface area contributed by atoms with Crippen molar-refractivity contribution in [1.29, 1.82) is 0 Å². The first-order valence-electron chi connectivity index (χ1n) is 6.55. The molecule has 0 saturated heterocycles. The molecule has 0 aromatic heterocycles. The summed E-state index contributed by atoms with van der Waals surface area (Å²) >= 11 is 0. The maximum absolute atomic E-state index is 12.3. The van der Waals surface area contributed by atoms with Gasteiger partial charge in [-0.15, -0.1) is 0 Å². The van der Waals surface area contributed by atoms with Crippen LogP contribution in [0.2, 0.25) is 0 Å². The first-order chi connectivity index (χ1) is 10.0. The molecule has 2 aromatic carbocycles. The molecule has 0 aliphatic heterocycles. The lowest BCUT2D eigenvalue weighted by Gasteiger charge is -2.14. The van der Waals surface area contributed by atoms with Crippen molar-refractivity contribution in [2.24, 2.45) is 5.73 Å². The van der Waals surface area contributed by atoms with Crippen LogP contribution in [-0.4, -0.2) is 18.1 Å². The number of benzene rings is 2. The van der Waals surface area contributed by atoms with Gasteiger partial charge in [0.05, 0.1) is 12.7 Å². The molecule has 2 aromatic rings. The number of nitrogens with two attached hydrogens (primary N) is 1. The molecule has 21 heavy (non-hydrogen) atoms. The third-order valence-corrected chi connectivity index (χ3v) is 3.15. The average Bonchev–Trinajstić information content (AvgIpc) is 2.47. The van der Waals surface area contributed by atoms with E-state index in [1.54, 1.807) is 12.1 Å². The Morgan fingerprint density at radius 1 is 1.29 bits per heavy atom. The fourth-order valence-electron chi connectivity index (χ4n) is 2.03. The van der Waals surface area contributed by atoms with Crippen LogP contribution in [0.15, 0.2) is 42.5 Å². The van der Waals surface area contributed by atoms with E-state index in [0.717, 1.165) is 5.56 Å². The van der Waals surface area contributed by atoms with Gasteiger partial charge in [0.15, 0.2) is 0 Å². The molecule has 5 heteroatoms. The van der Waals surface area contributed by atoms with Gasteiger partial charge in [0.25, 0.3) is 5.91 Å². The van der Waals surface area contributed by atoms with Gasteiger partial charge in [0.2, 0.25) is 0 Å². The van der Waals surface area contributed by atoms with E-state index in [4.69, 9.17) is 10.5 Å². The van der Waals surface area contributed by atoms with Crippen molar-refractivity contribution in [3.63, 3.8) is 0 Å². The molecular weight excluding hydrogens is 268 g/mol. The minimum absolute atomic E-state index is 0.134. The molecule has 0 aliphatic rings. The molecule has 1 atom stereocenters. The predicted octanol–water partition coefficient (Wildman–Crippen LogP) is 2.67. The summed E-state index contributed by atoms with van der Waals surface area (Å²) in [6.07, 6.45) is 0. The van der Waals surface area contributed by atoms with E-state index in [0.29, 0.717) is 11.4 Å². The Labute approximate surface area is 123 Å². The zero-order valence-electron chi connectivity index (χ0n) is 12.0. The number of hydrogen-bond donors (Lipinski definition) is 3. The fourth-order valence-corrected chi connectivity index (χ4v) is 2.03. The number of para-hydroxylation sites is 1. The van der Waals surface area contributed by atoms with Crippen molar-refractivity contribution < 1.29 is 14.6 Å². The van der Waals surface area contributed by atoms with Crippen molar-refractivity contribution in [3.05, 3.63) is 53.6 Å². The van der Waals surface area contributed by atoms with Gasteiger partial charge in [-0.05, 0) is 30.7 Å². The molecular formula is C16H18N2O3. The SMILES string of the molecule is COc1ccc(C(=O)Nc2ccccc2C(C)N)c(O)c1. The molecule has 5 nitrogen and oxygen atoms in total. The first kappa shape index (κ1) is 14.9. The van der Waals surface area contributed by atoms with Crippen LogP contribution in [0.3, 0.4) is 0 Å². The average molecular weight is 286 g/mol. The summed E-state index contributed by atoms with van der Waals surface area (Å²) in [5, 5.41) is 12.7. The monoisotopic (exact) mass is 286 g/mol. The number of ether oxygens (including phenoxy) is 1. The Balaban J connectivity index is 2.26. The molecule has 0 saturated carbocycles. The second-order valence-electron chi connectivity index (χ2n) is 4.71. The maximum Gasteiger partial charge on any atom is 0.259 e. The highest BCUT2D eigenvalue weighted by molar-refractivity contribution is 6.06. The summed E-state index contributed by atoms with van der Waals surface area (Å²) in [5.41, 5.74) is 7.52. The minimum atomic E-state index is -0.400. The minimum Gasteiger partial charge on any atom is -0.507 e. The highest BCUT2D eigenvalue weighted by Crippen LogP contribution is 2.26. The van der Waals surface area contributed by atoms with E-state index in [9.17, 15) is 9.90 Å². The van der Waals surface area contributed by atoms with Crippen LogP contribution in [0.25, 0.3) is 0 Å². The first-order valence-corrected chi connectivity index (χ1v) is 6.55. The van der Waals surface area contributed by atoms with Crippen LogP contribution in [0.1, 0.15) is 28.9 Å². The quantitative estimate of drug-likeness (QED) is 0.806. The van der Waals surface area contributed by atoms with E-state index in [-0.39, 0.29) is 17.4 Å². The van der Waals surface area contributed by atoms with Gasteiger partial charge in [-0.1, -0.05) is 18.2 Å². The van der Waals surface area contributed by atoms with Gasteiger partial charge in [-0.2, -0.15) is 0 Å². The molecule has 2 rings (SSSR count). The van der Waals surface area contributed by atoms with Crippen molar-refractivity contribution in [3.8, 4) is 11.5 Å². The number of methoxy groups -OCH3 is 1. The Hall–Kier alpha value is -2.53. The molecule has 110 valence electrons. The molecule has 0 radical (unpaired) electrons. The Kier molecular flexibility index (Phi) is 4.45. The van der Waals surface area contributed by atoms with E-state index in [1.165, 1.54) is 19.2 Å². The molecule has 1 amide bonds. The second kappa shape index (κ2) is 6.28. The van der Waals surface area contributed by atoms with Crippen molar-refractivity contribution in [1.82, 2.24) is 0 Å². The summed E-state index contributed by atoms with van der Waals surface area (Å²) in [4.78, 5) is 12.3. The number of nitrogens with one attached hydrogen (secondary N) is 1. The third kappa shape index (κ3) is 3.32. The Bertz CT molecular complexity index is 654.